The Morgan fingerprint density at radius 2 is 1.71 bits per heavy atom. The highest BCUT2D eigenvalue weighted by molar-refractivity contribution is 6.05. The third kappa shape index (κ3) is 2.43. The summed E-state index contributed by atoms with van der Waals surface area (Å²) in [6.07, 6.45) is 0.0897. The molecule has 5 nitrogen and oxygen atoms in total. The van der Waals surface area contributed by atoms with Crippen LogP contribution in [0, 0.1) is 0 Å². The molecule has 1 atom stereocenters. The molecule has 1 heterocycles. The zero-order valence-electron chi connectivity index (χ0n) is 11.1. The summed E-state index contributed by atoms with van der Waals surface area (Å²) in [5.41, 5.74) is -0.684. The van der Waals surface area contributed by atoms with Crippen molar-refractivity contribution in [1.29, 1.82) is 0 Å². The number of aliphatic hydroxyl groups is 1. The van der Waals surface area contributed by atoms with Crippen molar-refractivity contribution >= 4 is 5.78 Å². The number of carbonyl (C=O) groups is 1. The summed E-state index contributed by atoms with van der Waals surface area (Å²) in [6, 6.07) is 10.5. The van der Waals surface area contributed by atoms with E-state index in [4.69, 9.17) is 4.74 Å². The van der Waals surface area contributed by atoms with E-state index in [1.54, 1.807) is 12.1 Å². The molecule has 0 spiro atoms. The lowest BCUT2D eigenvalue weighted by Crippen LogP contribution is -2.49. The number of hydrogen-bond acceptors (Lipinski definition) is 5. The van der Waals surface area contributed by atoms with Crippen molar-refractivity contribution in [1.82, 2.24) is 0 Å². The van der Waals surface area contributed by atoms with Crippen molar-refractivity contribution in [3.05, 3.63) is 53.6 Å². The molecule has 2 aromatic rings. The molecule has 2 aromatic carbocycles. The number of rotatable bonds is 2. The van der Waals surface area contributed by atoms with Gasteiger partial charge in [-0.25, -0.2) is 0 Å². The Balaban J connectivity index is 1.90. The molecule has 0 saturated carbocycles. The smallest absolute Gasteiger partial charge is 0.201 e. The number of phenolic OH excluding ortho intramolecular Hbond substituents is 2. The summed E-state index contributed by atoms with van der Waals surface area (Å²) >= 11 is 0. The number of hydrogen-bond donors (Lipinski definition) is 3. The van der Waals surface area contributed by atoms with E-state index in [1.807, 2.05) is 0 Å². The fourth-order valence-electron chi connectivity index (χ4n) is 2.41. The van der Waals surface area contributed by atoms with E-state index in [1.165, 1.54) is 30.3 Å². The van der Waals surface area contributed by atoms with E-state index in [0.717, 1.165) is 5.56 Å². The molecule has 1 aliphatic rings. The molecule has 108 valence electrons. The van der Waals surface area contributed by atoms with Crippen LogP contribution in [0.25, 0.3) is 0 Å². The number of aromatic hydroxyl groups is 2. The first kappa shape index (κ1) is 13.5. The Labute approximate surface area is 121 Å². The van der Waals surface area contributed by atoms with Crippen molar-refractivity contribution < 1.29 is 24.9 Å². The van der Waals surface area contributed by atoms with Gasteiger partial charge in [0.15, 0.2) is 5.60 Å². The number of Topliss-reactive ketones (excluding diaryl/α,β-unsaturated/α-hetero) is 1. The molecule has 21 heavy (non-hydrogen) atoms. The molecule has 0 radical (unpaired) electrons. The van der Waals surface area contributed by atoms with Crippen LogP contribution in [0.5, 0.6) is 17.2 Å². The molecule has 5 heteroatoms. The van der Waals surface area contributed by atoms with Gasteiger partial charge in [-0.2, -0.15) is 0 Å². The lowest BCUT2D eigenvalue weighted by atomic mass is 9.85. The fraction of sp³-hybridized carbons (Fsp3) is 0.188. The van der Waals surface area contributed by atoms with Crippen LogP contribution in [0.1, 0.15) is 15.9 Å². The Kier molecular flexibility index (Phi) is 3.07. The van der Waals surface area contributed by atoms with Gasteiger partial charge in [0.2, 0.25) is 5.78 Å². The minimum absolute atomic E-state index is 0.00512. The highest BCUT2D eigenvalue weighted by Crippen LogP contribution is 2.33. The van der Waals surface area contributed by atoms with Crippen LogP contribution in [0.3, 0.4) is 0 Å². The molecule has 0 fully saturated rings. The van der Waals surface area contributed by atoms with Crippen LogP contribution in [0.2, 0.25) is 0 Å². The standard InChI is InChI=1S/C16H14O5/c17-11-3-1-10(2-4-11)8-16(20)9-21-14-7-12(18)5-6-13(14)15(16)19/h1-7,17-18,20H,8-9H2/t16-/m1/s1. The summed E-state index contributed by atoms with van der Waals surface area (Å²) in [5, 5.41) is 29.2. The average Bonchev–Trinajstić information content (AvgIpc) is 2.46. The lowest BCUT2D eigenvalue weighted by molar-refractivity contribution is -0.00199. The van der Waals surface area contributed by atoms with E-state index < -0.39 is 11.4 Å². The maximum atomic E-state index is 12.5. The van der Waals surface area contributed by atoms with Crippen LogP contribution in [0.4, 0.5) is 0 Å². The fourth-order valence-corrected chi connectivity index (χ4v) is 2.41. The molecule has 0 saturated heterocycles. The average molecular weight is 286 g/mol. The van der Waals surface area contributed by atoms with Gasteiger partial charge < -0.3 is 20.1 Å². The van der Waals surface area contributed by atoms with Gasteiger partial charge in [-0.15, -0.1) is 0 Å². The molecule has 3 N–H and O–H groups in total. The number of ether oxygens (including phenoxy) is 1. The summed E-state index contributed by atoms with van der Waals surface area (Å²) in [6.45, 7) is -0.177. The summed E-state index contributed by atoms with van der Waals surface area (Å²) in [4.78, 5) is 12.5. The van der Waals surface area contributed by atoms with Crippen LogP contribution < -0.4 is 4.74 Å². The normalized spacial score (nSPS) is 20.7. The minimum atomic E-state index is -1.65. The van der Waals surface area contributed by atoms with Gasteiger partial charge in [0, 0.05) is 12.5 Å². The predicted molar refractivity (Wildman–Crippen MR) is 74.7 cm³/mol. The second-order valence-electron chi connectivity index (χ2n) is 5.17. The number of benzene rings is 2. The van der Waals surface area contributed by atoms with E-state index >= 15 is 0 Å². The molecule has 0 unspecified atom stereocenters. The molecule has 0 aromatic heterocycles. The Hall–Kier alpha value is -2.53. The summed E-state index contributed by atoms with van der Waals surface area (Å²) < 4.78 is 5.41. The largest absolute Gasteiger partial charge is 0.508 e. The quantitative estimate of drug-likeness (QED) is 0.781. The van der Waals surface area contributed by atoms with Crippen molar-refractivity contribution in [3.63, 3.8) is 0 Å². The molecule has 3 rings (SSSR count). The van der Waals surface area contributed by atoms with Crippen molar-refractivity contribution in [2.45, 2.75) is 12.0 Å². The maximum absolute atomic E-state index is 12.5. The minimum Gasteiger partial charge on any atom is -0.508 e. The number of phenols is 2. The van der Waals surface area contributed by atoms with Crippen molar-refractivity contribution in [2.24, 2.45) is 0 Å². The molecule has 0 amide bonds. The molecular formula is C16H14O5. The first-order valence-electron chi connectivity index (χ1n) is 6.49. The molecule has 1 aliphatic heterocycles. The number of ketones is 1. The van der Waals surface area contributed by atoms with Gasteiger partial charge >= 0.3 is 0 Å². The Morgan fingerprint density at radius 1 is 1.05 bits per heavy atom. The van der Waals surface area contributed by atoms with Crippen molar-refractivity contribution in [3.8, 4) is 17.2 Å². The second kappa shape index (κ2) is 4.79. The SMILES string of the molecule is O=C1c2ccc(O)cc2OC[C@]1(O)Cc1ccc(O)cc1. The van der Waals surface area contributed by atoms with Gasteiger partial charge in [0.05, 0.1) is 5.56 Å². The highest BCUT2D eigenvalue weighted by Gasteiger charge is 2.42. The van der Waals surface area contributed by atoms with E-state index in [2.05, 4.69) is 0 Å². The van der Waals surface area contributed by atoms with Crippen LogP contribution >= 0.6 is 0 Å². The molecular weight excluding hydrogens is 272 g/mol. The topological polar surface area (TPSA) is 87.0 Å². The summed E-state index contributed by atoms with van der Waals surface area (Å²) in [5.74, 6) is -0.0319. The predicted octanol–water partition coefficient (Wildman–Crippen LogP) is 1.65. The van der Waals surface area contributed by atoms with Crippen LogP contribution in [-0.2, 0) is 6.42 Å². The Morgan fingerprint density at radius 3 is 2.43 bits per heavy atom. The van der Waals surface area contributed by atoms with Gasteiger partial charge in [-0.1, -0.05) is 12.1 Å². The van der Waals surface area contributed by atoms with Gasteiger partial charge in [-0.3, -0.25) is 4.79 Å². The molecule has 0 bridgehead atoms. The van der Waals surface area contributed by atoms with Gasteiger partial charge in [0.1, 0.15) is 23.9 Å². The molecule has 0 aliphatic carbocycles. The third-order valence-electron chi connectivity index (χ3n) is 3.53. The second-order valence-corrected chi connectivity index (χ2v) is 5.17. The van der Waals surface area contributed by atoms with Gasteiger partial charge in [-0.05, 0) is 29.8 Å². The van der Waals surface area contributed by atoms with Crippen molar-refractivity contribution in [2.75, 3.05) is 6.61 Å². The summed E-state index contributed by atoms with van der Waals surface area (Å²) in [7, 11) is 0. The third-order valence-corrected chi connectivity index (χ3v) is 3.53. The highest BCUT2D eigenvalue weighted by atomic mass is 16.5. The maximum Gasteiger partial charge on any atom is 0.201 e. The zero-order valence-corrected chi connectivity index (χ0v) is 11.1. The van der Waals surface area contributed by atoms with E-state index in [0.29, 0.717) is 0 Å². The first-order valence-corrected chi connectivity index (χ1v) is 6.49. The monoisotopic (exact) mass is 286 g/mol. The van der Waals surface area contributed by atoms with Crippen LogP contribution in [0.15, 0.2) is 42.5 Å². The first-order chi connectivity index (χ1) is 9.98. The number of fused-ring (bicyclic) bond motifs is 1. The number of carbonyl (C=O) groups excluding carboxylic acids is 1. The Bertz CT molecular complexity index is 692. The van der Waals surface area contributed by atoms with Gasteiger partial charge in [0.25, 0.3) is 0 Å². The van der Waals surface area contributed by atoms with E-state index in [9.17, 15) is 20.1 Å². The zero-order chi connectivity index (χ0) is 15.0. The van der Waals surface area contributed by atoms with E-state index in [-0.39, 0.29) is 35.8 Å². The van der Waals surface area contributed by atoms with Crippen LogP contribution in [-0.4, -0.2) is 33.3 Å². The lowest BCUT2D eigenvalue weighted by Gasteiger charge is -2.32.